The van der Waals surface area contributed by atoms with Crippen molar-refractivity contribution in [3.05, 3.63) is 77.4 Å². The maximum absolute atomic E-state index is 13.7. The molecule has 0 bridgehead atoms. The lowest BCUT2D eigenvalue weighted by Gasteiger charge is -2.29. The van der Waals surface area contributed by atoms with Crippen molar-refractivity contribution in [1.29, 1.82) is 0 Å². The zero-order valence-corrected chi connectivity index (χ0v) is 22.0. The van der Waals surface area contributed by atoms with E-state index >= 15 is 0 Å². The van der Waals surface area contributed by atoms with Crippen LogP contribution in [-0.2, 0) is 17.9 Å². The number of nitrogens with one attached hydrogen (secondary N) is 1. The molecule has 0 saturated heterocycles. The van der Waals surface area contributed by atoms with Gasteiger partial charge in [-0.25, -0.2) is 0 Å². The van der Waals surface area contributed by atoms with E-state index in [1.54, 1.807) is 19.2 Å². The fourth-order valence-corrected chi connectivity index (χ4v) is 4.98. The lowest BCUT2D eigenvalue weighted by atomic mass is 10.0. The number of hydrogen-bond acceptors (Lipinski definition) is 5. The van der Waals surface area contributed by atoms with Gasteiger partial charge in [-0.2, -0.15) is 10.2 Å². The Morgan fingerprint density at radius 3 is 2.58 bits per heavy atom. The number of anilines is 1. The van der Waals surface area contributed by atoms with Crippen LogP contribution in [0, 0.1) is 6.92 Å². The summed E-state index contributed by atoms with van der Waals surface area (Å²) in [5.41, 5.74) is 3.86. The van der Waals surface area contributed by atoms with Crippen LogP contribution < -0.4 is 4.90 Å². The first-order chi connectivity index (χ1) is 18.5. The number of benzene rings is 1. The number of fused-ring (bicyclic) bond motifs is 1. The van der Waals surface area contributed by atoms with Crippen molar-refractivity contribution in [2.75, 3.05) is 18.0 Å². The van der Waals surface area contributed by atoms with Gasteiger partial charge < -0.3 is 14.2 Å². The third kappa shape index (κ3) is 5.88. The Morgan fingerprint density at radius 2 is 1.84 bits per heavy atom. The maximum atomic E-state index is 13.7. The van der Waals surface area contributed by atoms with E-state index in [2.05, 4.69) is 27.4 Å². The van der Waals surface area contributed by atoms with Gasteiger partial charge in [0.2, 0.25) is 5.91 Å². The second kappa shape index (κ2) is 11.5. The lowest BCUT2D eigenvalue weighted by molar-refractivity contribution is -0.116. The molecule has 0 fully saturated rings. The standard InChI is InChI=1S/C29H34N6O3/c1-21-9-12-28(38-21)25-18-26(32-31-25)29(37)33-14-6-4-3-5-7-16-35(22(2)36)27-17-23(10-11-24(27)20-33)19-34-15-8-13-30-34/h8-13,15,17-18H,3-7,14,16,19-20H2,1-2H3,(H,31,32). The topological polar surface area (TPSA) is 100 Å². The van der Waals surface area contributed by atoms with Crippen LogP contribution in [0.5, 0.6) is 0 Å². The second-order valence-electron chi connectivity index (χ2n) is 9.91. The van der Waals surface area contributed by atoms with E-state index in [4.69, 9.17) is 4.42 Å². The molecule has 38 heavy (non-hydrogen) atoms. The minimum absolute atomic E-state index is 0.00288. The molecule has 4 aromatic rings. The smallest absolute Gasteiger partial charge is 0.274 e. The molecule has 4 heterocycles. The predicted molar refractivity (Wildman–Crippen MR) is 145 cm³/mol. The molecule has 0 radical (unpaired) electrons. The summed E-state index contributed by atoms with van der Waals surface area (Å²) in [5, 5.41) is 11.6. The Bertz CT molecular complexity index is 1390. The monoisotopic (exact) mass is 514 g/mol. The van der Waals surface area contributed by atoms with Gasteiger partial charge in [-0.05, 0) is 55.2 Å². The van der Waals surface area contributed by atoms with Crippen LogP contribution in [0.2, 0.25) is 0 Å². The molecule has 3 aromatic heterocycles. The molecule has 9 heteroatoms. The zero-order valence-electron chi connectivity index (χ0n) is 22.0. The number of aryl methyl sites for hydroxylation is 1. The van der Waals surface area contributed by atoms with E-state index in [0.717, 1.165) is 54.7 Å². The average molecular weight is 515 g/mol. The molecule has 2 amide bonds. The van der Waals surface area contributed by atoms with Crippen molar-refractivity contribution in [2.24, 2.45) is 0 Å². The lowest BCUT2D eigenvalue weighted by Crippen LogP contribution is -2.35. The van der Waals surface area contributed by atoms with E-state index in [9.17, 15) is 9.59 Å². The summed E-state index contributed by atoms with van der Waals surface area (Å²) >= 11 is 0. The van der Waals surface area contributed by atoms with Crippen molar-refractivity contribution in [2.45, 2.75) is 59.0 Å². The van der Waals surface area contributed by atoms with Crippen molar-refractivity contribution in [1.82, 2.24) is 24.9 Å². The van der Waals surface area contributed by atoms with Crippen molar-refractivity contribution >= 4 is 17.5 Å². The Balaban J connectivity index is 1.46. The minimum Gasteiger partial charge on any atom is -0.460 e. The number of nitrogens with zero attached hydrogens (tertiary/aromatic N) is 5. The average Bonchev–Trinajstić information content (AvgIpc) is 3.66. The highest BCUT2D eigenvalue weighted by atomic mass is 16.3. The van der Waals surface area contributed by atoms with E-state index in [1.807, 2.05) is 51.9 Å². The summed E-state index contributed by atoms with van der Waals surface area (Å²) < 4.78 is 7.55. The van der Waals surface area contributed by atoms with E-state index in [0.29, 0.717) is 43.3 Å². The largest absolute Gasteiger partial charge is 0.460 e. The molecule has 5 rings (SSSR count). The number of hydrogen-bond donors (Lipinski definition) is 1. The molecule has 1 aliphatic heterocycles. The van der Waals surface area contributed by atoms with Gasteiger partial charge in [-0.3, -0.25) is 19.4 Å². The van der Waals surface area contributed by atoms with Crippen LogP contribution in [0.15, 0.2) is 59.3 Å². The van der Waals surface area contributed by atoms with Crippen molar-refractivity contribution in [3.8, 4) is 11.5 Å². The molecular formula is C29H34N6O3. The van der Waals surface area contributed by atoms with Gasteiger partial charge in [0, 0.05) is 50.7 Å². The number of rotatable bonds is 4. The SMILES string of the molecule is CC(=O)N1CCCCCCCN(C(=O)c2cc(-c3ccc(C)o3)[nH]n2)Cc2ccc(Cn3cccn3)cc21. The molecule has 0 aliphatic carbocycles. The summed E-state index contributed by atoms with van der Waals surface area (Å²) in [6, 6.07) is 13.5. The summed E-state index contributed by atoms with van der Waals surface area (Å²) in [6.45, 7) is 5.77. The summed E-state index contributed by atoms with van der Waals surface area (Å²) in [4.78, 5) is 30.2. The minimum atomic E-state index is -0.145. The quantitative estimate of drug-likeness (QED) is 0.404. The number of carbonyl (C=O) groups excluding carboxylic acids is 2. The van der Waals surface area contributed by atoms with Crippen molar-refractivity contribution < 1.29 is 14.0 Å². The van der Waals surface area contributed by atoms with Gasteiger partial charge >= 0.3 is 0 Å². The fourth-order valence-electron chi connectivity index (χ4n) is 4.98. The first-order valence-electron chi connectivity index (χ1n) is 13.3. The van der Waals surface area contributed by atoms with Gasteiger partial charge in [0.15, 0.2) is 11.5 Å². The van der Waals surface area contributed by atoms with Crippen LogP contribution in [0.4, 0.5) is 5.69 Å². The van der Waals surface area contributed by atoms with E-state index in [-0.39, 0.29) is 11.8 Å². The molecule has 0 atom stereocenters. The molecule has 0 spiro atoms. The number of aromatic nitrogens is 4. The fraction of sp³-hybridized carbons (Fsp3) is 0.379. The Kier molecular flexibility index (Phi) is 7.72. The third-order valence-corrected chi connectivity index (χ3v) is 6.99. The number of carbonyl (C=O) groups is 2. The van der Waals surface area contributed by atoms with Gasteiger partial charge in [-0.15, -0.1) is 0 Å². The van der Waals surface area contributed by atoms with Crippen LogP contribution in [-0.4, -0.2) is 49.8 Å². The molecule has 9 nitrogen and oxygen atoms in total. The van der Waals surface area contributed by atoms with E-state index < -0.39 is 0 Å². The molecule has 0 unspecified atom stereocenters. The number of furan rings is 1. The molecular weight excluding hydrogens is 480 g/mol. The molecule has 0 saturated carbocycles. The third-order valence-electron chi connectivity index (χ3n) is 6.99. The normalized spacial score (nSPS) is 15.0. The van der Waals surface area contributed by atoms with Gasteiger partial charge in [0.05, 0.1) is 6.54 Å². The van der Waals surface area contributed by atoms with Crippen LogP contribution >= 0.6 is 0 Å². The highest BCUT2D eigenvalue weighted by Gasteiger charge is 2.24. The Morgan fingerprint density at radius 1 is 1.03 bits per heavy atom. The number of aromatic amines is 1. The highest BCUT2D eigenvalue weighted by Crippen LogP contribution is 2.28. The summed E-state index contributed by atoms with van der Waals surface area (Å²) in [5.74, 6) is 1.30. The summed E-state index contributed by atoms with van der Waals surface area (Å²) in [7, 11) is 0. The predicted octanol–water partition coefficient (Wildman–Crippen LogP) is 5.18. The first-order valence-corrected chi connectivity index (χ1v) is 13.3. The molecule has 198 valence electrons. The maximum Gasteiger partial charge on any atom is 0.274 e. The zero-order chi connectivity index (χ0) is 26.5. The van der Waals surface area contributed by atoms with Gasteiger partial charge in [0.25, 0.3) is 5.91 Å². The van der Waals surface area contributed by atoms with Crippen molar-refractivity contribution in [3.63, 3.8) is 0 Å². The highest BCUT2D eigenvalue weighted by molar-refractivity contribution is 5.94. The van der Waals surface area contributed by atoms with Crippen LogP contribution in [0.1, 0.15) is 66.4 Å². The summed E-state index contributed by atoms with van der Waals surface area (Å²) in [6.07, 6.45) is 8.71. The molecule has 1 N–H and O–H groups in total. The van der Waals surface area contributed by atoms with Gasteiger partial charge in [0.1, 0.15) is 11.5 Å². The Labute approximate surface area is 222 Å². The number of H-pyrrole nitrogens is 1. The number of amides is 2. The van der Waals surface area contributed by atoms with E-state index in [1.165, 1.54) is 0 Å². The Hall–Kier alpha value is -4.14. The van der Waals surface area contributed by atoms with Gasteiger partial charge in [-0.1, -0.05) is 31.4 Å². The van der Waals surface area contributed by atoms with Crippen LogP contribution in [0.25, 0.3) is 11.5 Å². The van der Waals surface area contributed by atoms with Crippen LogP contribution in [0.3, 0.4) is 0 Å². The second-order valence-corrected chi connectivity index (χ2v) is 9.91. The molecule has 1 aliphatic rings. The molecule has 1 aromatic carbocycles. The first kappa shape index (κ1) is 25.5.